The van der Waals surface area contributed by atoms with Gasteiger partial charge in [-0.2, -0.15) is 0 Å². The van der Waals surface area contributed by atoms with Crippen LogP contribution in [0.2, 0.25) is 0 Å². The lowest BCUT2D eigenvalue weighted by molar-refractivity contribution is 0.302. The maximum Gasteiger partial charge on any atom is 0.0409 e. The predicted molar refractivity (Wildman–Crippen MR) is 77.0 cm³/mol. The van der Waals surface area contributed by atoms with E-state index in [1.165, 1.54) is 49.0 Å². The molecule has 0 aromatic heterocycles. The standard InChI is InChI=1S/C16H24N2/c1-2-18-11-8-13-12-14(6-7-15(13)18)16(17)9-4-3-5-10-16/h6-7,12H,2-5,8-11,17H2,1H3. The number of likely N-dealkylation sites (N-methyl/N-ethyl adjacent to an activating group) is 1. The minimum Gasteiger partial charge on any atom is -0.371 e. The Morgan fingerprint density at radius 2 is 2.00 bits per heavy atom. The van der Waals surface area contributed by atoms with E-state index in [-0.39, 0.29) is 5.54 Å². The van der Waals surface area contributed by atoms with Crippen molar-refractivity contribution in [2.45, 2.75) is 51.0 Å². The molecule has 0 amide bonds. The van der Waals surface area contributed by atoms with Crippen molar-refractivity contribution in [1.29, 1.82) is 0 Å². The first kappa shape index (κ1) is 12.0. The van der Waals surface area contributed by atoms with Crippen LogP contribution in [0.25, 0.3) is 0 Å². The number of rotatable bonds is 2. The molecule has 98 valence electrons. The van der Waals surface area contributed by atoms with Crippen LogP contribution in [0, 0.1) is 0 Å². The summed E-state index contributed by atoms with van der Waals surface area (Å²) < 4.78 is 0. The van der Waals surface area contributed by atoms with Gasteiger partial charge in [0.05, 0.1) is 0 Å². The van der Waals surface area contributed by atoms with Gasteiger partial charge in [-0.3, -0.25) is 0 Å². The first-order chi connectivity index (χ1) is 8.73. The third-order valence-corrected chi connectivity index (χ3v) is 4.77. The van der Waals surface area contributed by atoms with Crippen molar-refractivity contribution < 1.29 is 0 Å². The molecular weight excluding hydrogens is 220 g/mol. The zero-order valence-electron chi connectivity index (χ0n) is 11.4. The molecule has 2 aliphatic rings. The van der Waals surface area contributed by atoms with E-state index in [9.17, 15) is 0 Å². The summed E-state index contributed by atoms with van der Waals surface area (Å²) in [6.45, 7) is 4.52. The number of hydrogen-bond acceptors (Lipinski definition) is 2. The monoisotopic (exact) mass is 244 g/mol. The zero-order valence-corrected chi connectivity index (χ0v) is 11.4. The fourth-order valence-corrected chi connectivity index (χ4v) is 3.58. The van der Waals surface area contributed by atoms with Crippen molar-refractivity contribution in [2.24, 2.45) is 5.73 Å². The first-order valence-corrected chi connectivity index (χ1v) is 7.40. The Kier molecular flexibility index (Phi) is 3.06. The summed E-state index contributed by atoms with van der Waals surface area (Å²) in [5.74, 6) is 0. The fourth-order valence-electron chi connectivity index (χ4n) is 3.58. The Morgan fingerprint density at radius 1 is 1.22 bits per heavy atom. The van der Waals surface area contributed by atoms with E-state index in [2.05, 4.69) is 30.0 Å². The molecule has 1 aliphatic heterocycles. The molecule has 1 heterocycles. The molecule has 1 fully saturated rings. The second-order valence-corrected chi connectivity index (χ2v) is 5.89. The Labute approximate surface area is 110 Å². The van der Waals surface area contributed by atoms with E-state index in [1.54, 1.807) is 0 Å². The van der Waals surface area contributed by atoms with Crippen LogP contribution >= 0.6 is 0 Å². The topological polar surface area (TPSA) is 29.3 Å². The molecule has 3 rings (SSSR count). The molecule has 0 radical (unpaired) electrons. The molecule has 2 heteroatoms. The van der Waals surface area contributed by atoms with Crippen molar-refractivity contribution in [3.05, 3.63) is 29.3 Å². The first-order valence-electron chi connectivity index (χ1n) is 7.40. The summed E-state index contributed by atoms with van der Waals surface area (Å²) in [5, 5.41) is 0. The van der Waals surface area contributed by atoms with Crippen LogP contribution < -0.4 is 10.6 Å². The average molecular weight is 244 g/mol. The maximum atomic E-state index is 6.63. The predicted octanol–water partition coefficient (Wildman–Crippen LogP) is 3.19. The van der Waals surface area contributed by atoms with Crippen LogP contribution in [0.3, 0.4) is 0 Å². The van der Waals surface area contributed by atoms with Crippen LogP contribution in [-0.2, 0) is 12.0 Å². The molecule has 0 spiro atoms. The van der Waals surface area contributed by atoms with E-state index in [0.717, 1.165) is 19.4 Å². The maximum absolute atomic E-state index is 6.63. The van der Waals surface area contributed by atoms with Crippen molar-refractivity contribution in [1.82, 2.24) is 0 Å². The second-order valence-electron chi connectivity index (χ2n) is 5.89. The number of fused-ring (bicyclic) bond motifs is 1. The molecule has 18 heavy (non-hydrogen) atoms. The van der Waals surface area contributed by atoms with E-state index in [4.69, 9.17) is 5.73 Å². The SMILES string of the molecule is CCN1CCc2cc(C3(N)CCCCC3)ccc21. The van der Waals surface area contributed by atoms with Gasteiger partial charge in [-0.15, -0.1) is 0 Å². The summed E-state index contributed by atoms with van der Waals surface area (Å²) in [7, 11) is 0. The molecule has 1 aromatic carbocycles. The number of nitrogens with two attached hydrogens (primary N) is 1. The Morgan fingerprint density at radius 3 is 2.72 bits per heavy atom. The number of hydrogen-bond donors (Lipinski definition) is 1. The van der Waals surface area contributed by atoms with Crippen molar-refractivity contribution >= 4 is 5.69 Å². The third-order valence-electron chi connectivity index (χ3n) is 4.77. The molecule has 2 N–H and O–H groups in total. The van der Waals surface area contributed by atoms with Gasteiger partial charge in [0.1, 0.15) is 0 Å². The van der Waals surface area contributed by atoms with Gasteiger partial charge in [-0.25, -0.2) is 0 Å². The number of benzene rings is 1. The van der Waals surface area contributed by atoms with Crippen molar-refractivity contribution in [3.8, 4) is 0 Å². The van der Waals surface area contributed by atoms with Gasteiger partial charge in [0.2, 0.25) is 0 Å². The van der Waals surface area contributed by atoms with Gasteiger partial charge in [-0.1, -0.05) is 31.4 Å². The van der Waals surface area contributed by atoms with Gasteiger partial charge >= 0.3 is 0 Å². The molecule has 1 aromatic rings. The molecule has 0 bridgehead atoms. The Bertz CT molecular complexity index is 433. The van der Waals surface area contributed by atoms with Gasteiger partial charge < -0.3 is 10.6 Å². The second kappa shape index (κ2) is 4.58. The minimum atomic E-state index is -0.0487. The van der Waals surface area contributed by atoms with Gasteiger partial charge in [0.25, 0.3) is 0 Å². The van der Waals surface area contributed by atoms with Crippen LogP contribution in [-0.4, -0.2) is 13.1 Å². The van der Waals surface area contributed by atoms with Crippen LogP contribution in [0.15, 0.2) is 18.2 Å². The molecular formula is C16H24N2. The highest BCUT2D eigenvalue weighted by atomic mass is 15.1. The van der Waals surface area contributed by atoms with E-state index >= 15 is 0 Å². The average Bonchev–Trinajstić information content (AvgIpc) is 2.81. The molecule has 1 saturated carbocycles. The summed E-state index contributed by atoms with van der Waals surface area (Å²) >= 11 is 0. The van der Waals surface area contributed by atoms with E-state index in [0.29, 0.717) is 0 Å². The number of anilines is 1. The summed E-state index contributed by atoms with van der Waals surface area (Å²) in [4.78, 5) is 2.46. The van der Waals surface area contributed by atoms with E-state index in [1.807, 2.05) is 0 Å². The molecule has 0 unspecified atom stereocenters. The van der Waals surface area contributed by atoms with Crippen molar-refractivity contribution in [3.63, 3.8) is 0 Å². The Hall–Kier alpha value is -1.02. The highest BCUT2D eigenvalue weighted by molar-refractivity contribution is 5.59. The van der Waals surface area contributed by atoms with Gasteiger partial charge in [0, 0.05) is 24.3 Å². The molecule has 2 nitrogen and oxygen atoms in total. The van der Waals surface area contributed by atoms with Gasteiger partial charge in [0.15, 0.2) is 0 Å². The largest absolute Gasteiger partial charge is 0.371 e. The highest BCUT2D eigenvalue weighted by Gasteiger charge is 2.30. The molecule has 0 saturated heterocycles. The lowest BCUT2D eigenvalue weighted by Gasteiger charge is -2.34. The summed E-state index contributed by atoms with van der Waals surface area (Å²) in [6.07, 6.45) is 7.43. The minimum absolute atomic E-state index is 0.0487. The normalized spacial score (nSPS) is 22.0. The highest BCUT2D eigenvalue weighted by Crippen LogP contribution is 2.38. The number of nitrogens with zero attached hydrogens (tertiary/aromatic N) is 1. The quantitative estimate of drug-likeness (QED) is 0.865. The van der Waals surface area contributed by atoms with Crippen LogP contribution in [0.4, 0.5) is 5.69 Å². The zero-order chi connectivity index (χ0) is 12.6. The van der Waals surface area contributed by atoms with Crippen LogP contribution in [0.5, 0.6) is 0 Å². The fraction of sp³-hybridized carbons (Fsp3) is 0.625. The van der Waals surface area contributed by atoms with E-state index < -0.39 is 0 Å². The lowest BCUT2D eigenvalue weighted by Crippen LogP contribution is -2.38. The van der Waals surface area contributed by atoms with Gasteiger partial charge in [-0.05, 0) is 43.4 Å². The molecule has 0 atom stereocenters. The van der Waals surface area contributed by atoms with Crippen molar-refractivity contribution in [2.75, 3.05) is 18.0 Å². The lowest BCUT2D eigenvalue weighted by atomic mass is 9.77. The smallest absolute Gasteiger partial charge is 0.0409 e. The summed E-state index contributed by atoms with van der Waals surface area (Å²) in [5.41, 5.74) is 10.9. The Balaban J connectivity index is 1.91. The summed E-state index contributed by atoms with van der Waals surface area (Å²) in [6, 6.07) is 6.96. The third kappa shape index (κ3) is 1.93. The van der Waals surface area contributed by atoms with Crippen LogP contribution in [0.1, 0.15) is 50.2 Å². The molecule has 1 aliphatic carbocycles.